The van der Waals surface area contributed by atoms with Crippen molar-refractivity contribution < 1.29 is 14.4 Å². The molecule has 1 aliphatic heterocycles. The lowest BCUT2D eigenvalue weighted by Gasteiger charge is -2.20. The molecule has 7 nitrogen and oxygen atoms in total. The van der Waals surface area contributed by atoms with Crippen LogP contribution in [0.15, 0.2) is 35.2 Å². The molecule has 1 unspecified atom stereocenters. The van der Waals surface area contributed by atoms with E-state index in [1.807, 2.05) is 5.38 Å². The Balaban J connectivity index is 1.71. The second kappa shape index (κ2) is 6.21. The fourth-order valence-corrected chi connectivity index (χ4v) is 3.24. The van der Waals surface area contributed by atoms with Gasteiger partial charge in [-0.25, -0.2) is 9.78 Å². The minimum Gasteiger partial charge on any atom is -0.319 e. The van der Waals surface area contributed by atoms with E-state index >= 15 is 0 Å². The monoisotopic (exact) mass is 364 g/mol. The number of pyridine rings is 1. The minimum absolute atomic E-state index is 0.289. The van der Waals surface area contributed by atoms with E-state index in [9.17, 15) is 14.4 Å². The van der Waals surface area contributed by atoms with Crippen molar-refractivity contribution in [3.63, 3.8) is 0 Å². The molecule has 0 aromatic carbocycles. The number of rotatable bonds is 4. The highest BCUT2D eigenvalue weighted by atomic mass is 35.5. The molecule has 2 N–H and O–H groups in total. The largest absolute Gasteiger partial charge is 0.325 e. The number of hydrogen-bond donors (Lipinski definition) is 2. The van der Waals surface area contributed by atoms with Crippen LogP contribution in [0.1, 0.15) is 12.5 Å². The Labute approximate surface area is 146 Å². The van der Waals surface area contributed by atoms with Crippen LogP contribution in [-0.2, 0) is 15.1 Å². The second-order valence-electron chi connectivity index (χ2n) is 5.37. The number of carbonyl (C=O) groups is 3. The molecule has 0 radical (unpaired) electrons. The summed E-state index contributed by atoms with van der Waals surface area (Å²) in [6.07, 6.45) is 1.39. The third-order valence-corrected chi connectivity index (χ3v) is 4.58. The molecule has 4 amide bonds. The zero-order valence-electron chi connectivity index (χ0n) is 12.6. The van der Waals surface area contributed by atoms with Crippen molar-refractivity contribution in [2.24, 2.45) is 0 Å². The number of hydrogen-bond acceptors (Lipinski definition) is 5. The standard InChI is InChI=1S/C15H13ClN4O3S/c1-15(9-4-5-24-8-9)13(22)20(14(23)19-15)7-12(21)18-11-3-2-10(16)6-17-11/h2-6,8H,7H2,1H3,(H,19,23)(H,17,18,21). The van der Waals surface area contributed by atoms with Gasteiger partial charge in [0.1, 0.15) is 17.9 Å². The van der Waals surface area contributed by atoms with Crippen LogP contribution in [0, 0.1) is 0 Å². The molecule has 1 aliphatic rings. The molecule has 0 spiro atoms. The van der Waals surface area contributed by atoms with Gasteiger partial charge in [0.25, 0.3) is 5.91 Å². The molecule has 3 heterocycles. The first-order valence-electron chi connectivity index (χ1n) is 6.98. The van der Waals surface area contributed by atoms with Gasteiger partial charge in [0, 0.05) is 6.20 Å². The maximum atomic E-state index is 12.6. The van der Waals surface area contributed by atoms with Crippen molar-refractivity contribution in [2.75, 3.05) is 11.9 Å². The van der Waals surface area contributed by atoms with Gasteiger partial charge in [-0.2, -0.15) is 11.3 Å². The molecule has 1 atom stereocenters. The molecule has 9 heteroatoms. The van der Waals surface area contributed by atoms with E-state index in [4.69, 9.17) is 11.6 Å². The van der Waals surface area contributed by atoms with E-state index in [1.54, 1.807) is 24.4 Å². The smallest absolute Gasteiger partial charge is 0.319 e. The lowest BCUT2D eigenvalue weighted by molar-refractivity contribution is -0.133. The zero-order chi connectivity index (χ0) is 17.3. The molecular weight excluding hydrogens is 352 g/mol. The van der Waals surface area contributed by atoms with E-state index in [0.29, 0.717) is 10.6 Å². The number of imide groups is 1. The lowest BCUT2D eigenvalue weighted by atomic mass is 9.95. The van der Waals surface area contributed by atoms with E-state index in [1.165, 1.54) is 23.6 Å². The molecule has 2 aromatic heterocycles. The molecule has 1 saturated heterocycles. The predicted octanol–water partition coefficient (Wildman–Crippen LogP) is 2.20. The van der Waals surface area contributed by atoms with Crippen LogP contribution in [0.2, 0.25) is 5.02 Å². The highest BCUT2D eigenvalue weighted by Gasteiger charge is 2.49. The summed E-state index contributed by atoms with van der Waals surface area (Å²) >= 11 is 7.15. The number of thiophene rings is 1. The molecule has 0 bridgehead atoms. The number of carbonyl (C=O) groups excluding carboxylic acids is 3. The third kappa shape index (κ3) is 2.98. The van der Waals surface area contributed by atoms with Gasteiger partial charge in [-0.05, 0) is 41.4 Å². The SMILES string of the molecule is CC1(c2ccsc2)NC(=O)N(CC(=O)Nc2ccc(Cl)cn2)C1=O. The van der Waals surface area contributed by atoms with Gasteiger partial charge >= 0.3 is 6.03 Å². The van der Waals surface area contributed by atoms with Gasteiger partial charge in [-0.15, -0.1) is 0 Å². The third-order valence-electron chi connectivity index (χ3n) is 3.67. The molecule has 0 aliphatic carbocycles. The van der Waals surface area contributed by atoms with Gasteiger partial charge in [0.2, 0.25) is 5.91 Å². The summed E-state index contributed by atoms with van der Waals surface area (Å²) in [7, 11) is 0. The molecule has 3 rings (SSSR count). The van der Waals surface area contributed by atoms with Crippen molar-refractivity contribution in [3.8, 4) is 0 Å². The number of halogens is 1. The quantitative estimate of drug-likeness (QED) is 0.813. The van der Waals surface area contributed by atoms with Crippen molar-refractivity contribution in [1.82, 2.24) is 15.2 Å². The molecule has 24 heavy (non-hydrogen) atoms. The molecule has 124 valence electrons. The number of anilines is 1. The number of nitrogens with zero attached hydrogens (tertiary/aromatic N) is 2. The normalized spacial score (nSPS) is 20.2. The summed E-state index contributed by atoms with van der Waals surface area (Å²) in [4.78, 5) is 41.6. The zero-order valence-corrected chi connectivity index (χ0v) is 14.1. The Morgan fingerprint density at radius 1 is 1.42 bits per heavy atom. The summed E-state index contributed by atoms with van der Waals surface area (Å²) in [5, 5.41) is 9.21. The molecule has 1 fully saturated rings. The molecule has 0 saturated carbocycles. The van der Waals surface area contributed by atoms with E-state index in [2.05, 4.69) is 15.6 Å². The highest BCUT2D eigenvalue weighted by molar-refractivity contribution is 7.08. The fraction of sp³-hybridized carbons (Fsp3) is 0.200. The second-order valence-corrected chi connectivity index (χ2v) is 6.58. The summed E-state index contributed by atoms with van der Waals surface area (Å²) < 4.78 is 0. The molecular formula is C15H13ClN4O3S. The predicted molar refractivity (Wildman–Crippen MR) is 89.8 cm³/mol. The number of nitrogens with one attached hydrogen (secondary N) is 2. The Bertz CT molecular complexity index is 794. The average molecular weight is 365 g/mol. The van der Waals surface area contributed by atoms with E-state index in [-0.39, 0.29) is 5.82 Å². The van der Waals surface area contributed by atoms with Gasteiger partial charge in [0.05, 0.1) is 5.02 Å². The van der Waals surface area contributed by atoms with Crippen molar-refractivity contribution in [1.29, 1.82) is 0 Å². The first-order valence-corrected chi connectivity index (χ1v) is 8.30. The van der Waals surface area contributed by atoms with E-state index < -0.39 is 29.9 Å². The Hall–Kier alpha value is -2.45. The maximum absolute atomic E-state index is 12.6. The number of urea groups is 1. The van der Waals surface area contributed by atoms with Crippen LogP contribution in [0.5, 0.6) is 0 Å². The van der Waals surface area contributed by atoms with Gasteiger partial charge in [-0.1, -0.05) is 11.6 Å². The van der Waals surface area contributed by atoms with Crippen LogP contribution in [-0.4, -0.2) is 34.3 Å². The van der Waals surface area contributed by atoms with Gasteiger partial charge in [-0.3, -0.25) is 14.5 Å². The van der Waals surface area contributed by atoms with Crippen LogP contribution in [0.3, 0.4) is 0 Å². The Morgan fingerprint density at radius 3 is 2.83 bits per heavy atom. The summed E-state index contributed by atoms with van der Waals surface area (Å²) in [5.74, 6) is -0.704. The van der Waals surface area contributed by atoms with Crippen LogP contribution < -0.4 is 10.6 Å². The Kier molecular flexibility index (Phi) is 4.25. The fourth-order valence-electron chi connectivity index (χ4n) is 2.36. The van der Waals surface area contributed by atoms with Crippen LogP contribution >= 0.6 is 22.9 Å². The minimum atomic E-state index is -1.16. The lowest BCUT2D eigenvalue weighted by Crippen LogP contribution is -2.41. The maximum Gasteiger partial charge on any atom is 0.325 e. The van der Waals surface area contributed by atoms with Crippen molar-refractivity contribution >= 4 is 46.6 Å². The molecule has 2 aromatic rings. The number of aromatic nitrogens is 1. The van der Waals surface area contributed by atoms with Gasteiger partial charge < -0.3 is 10.6 Å². The van der Waals surface area contributed by atoms with Crippen molar-refractivity contribution in [2.45, 2.75) is 12.5 Å². The highest BCUT2D eigenvalue weighted by Crippen LogP contribution is 2.30. The first kappa shape index (κ1) is 16.4. The Morgan fingerprint density at radius 2 is 2.21 bits per heavy atom. The van der Waals surface area contributed by atoms with E-state index in [0.717, 1.165) is 4.90 Å². The average Bonchev–Trinajstić information content (AvgIpc) is 3.14. The summed E-state index contributed by atoms with van der Waals surface area (Å²) in [5.41, 5.74) is -0.469. The van der Waals surface area contributed by atoms with Crippen LogP contribution in [0.25, 0.3) is 0 Å². The summed E-state index contributed by atoms with van der Waals surface area (Å²) in [6, 6.07) is 4.27. The van der Waals surface area contributed by atoms with Crippen LogP contribution in [0.4, 0.5) is 10.6 Å². The number of amides is 4. The van der Waals surface area contributed by atoms with Crippen molar-refractivity contribution in [3.05, 3.63) is 45.7 Å². The first-order chi connectivity index (χ1) is 11.4. The van der Waals surface area contributed by atoms with Gasteiger partial charge in [0.15, 0.2) is 0 Å². The summed E-state index contributed by atoms with van der Waals surface area (Å²) in [6.45, 7) is 1.22. The topological polar surface area (TPSA) is 91.4 Å².